The van der Waals surface area contributed by atoms with E-state index >= 15 is 0 Å². The van der Waals surface area contributed by atoms with Gasteiger partial charge in [-0.2, -0.15) is 24.9 Å². The fraction of sp³-hybridized carbons (Fsp3) is 1.00. The molecule has 1 rings (SSSR count). The largest absolute Gasteiger partial charge is 0.441 e. The highest BCUT2D eigenvalue weighted by Gasteiger charge is 2.27. The van der Waals surface area contributed by atoms with Gasteiger partial charge in [0.1, 0.15) is 0 Å². The third-order valence-corrected chi connectivity index (χ3v) is 3.93. The first-order chi connectivity index (χ1) is 7.58. The maximum atomic E-state index is 11.8. The van der Waals surface area contributed by atoms with E-state index in [2.05, 4.69) is 10.2 Å². The Bertz CT molecular complexity index is 184. The summed E-state index contributed by atoms with van der Waals surface area (Å²) in [7, 11) is 0. The molecule has 7 heteroatoms. The summed E-state index contributed by atoms with van der Waals surface area (Å²) in [6.45, 7) is 4.35. The van der Waals surface area contributed by atoms with Crippen LogP contribution < -0.4 is 5.32 Å². The molecule has 96 valence electrons. The molecule has 0 saturated carbocycles. The maximum Gasteiger partial charge on any atom is 0.441 e. The summed E-state index contributed by atoms with van der Waals surface area (Å²) in [6.07, 6.45) is 0. The topological polar surface area (TPSA) is 15.3 Å². The molecule has 0 unspecified atom stereocenters. The van der Waals surface area contributed by atoms with Crippen LogP contribution in [0.4, 0.5) is 13.2 Å². The van der Waals surface area contributed by atoms with E-state index in [0.29, 0.717) is 6.54 Å². The number of hydrogen-bond donors (Lipinski definition) is 1. The predicted octanol–water partition coefficient (Wildman–Crippen LogP) is 1.88. The Morgan fingerprint density at radius 2 is 1.88 bits per heavy atom. The normalized spacial score (nSPS) is 18.9. The highest BCUT2D eigenvalue weighted by molar-refractivity contribution is 8.00. The molecule has 0 bridgehead atoms. The molecular weight excluding hydrogens is 257 g/mol. The van der Waals surface area contributed by atoms with E-state index < -0.39 is 5.51 Å². The summed E-state index contributed by atoms with van der Waals surface area (Å²) >= 11 is 2.00. The zero-order chi connectivity index (χ0) is 11.9. The number of nitrogens with zero attached hydrogens (tertiary/aromatic N) is 1. The van der Waals surface area contributed by atoms with Gasteiger partial charge in [0.05, 0.1) is 0 Å². The van der Waals surface area contributed by atoms with Gasteiger partial charge in [-0.05, 0) is 11.8 Å². The lowest BCUT2D eigenvalue weighted by Gasteiger charge is -2.26. The summed E-state index contributed by atoms with van der Waals surface area (Å²) in [4.78, 5) is 2.35. The molecular formula is C9H17F3N2S2. The summed E-state index contributed by atoms with van der Waals surface area (Å²) in [6, 6.07) is 0. The average Bonchev–Trinajstić information content (AvgIpc) is 2.23. The SMILES string of the molecule is FC(F)(F)SCCNCCN1CCSCC1. The molecule has 1 heterocycles. The first-order valence-corrected chi connectivity index (χ1v) is 7.43. The molecule has 2 nitrogen and oxygen atoms in total. The van der Waals surface area contributed by atoms with Crippen molar-refractivity contribution in [1.82, 2.24) is 10.2 Å². The van der Waals surface area contributed by atoms with Gasteiger partial charge < -0.3 is 10.2 Å². The van der Waals surface area contributed by atoms with Gasteiger partial charge in [-0.1, -0.05) is 0 Å². The molecule has 1 aliphatic rings. The fourth-order valence-corrected chi connectivity index (χ4v) is 2.88. The molecule has 0 aliphatic carbocycles. The Morgan fingerprint density at radius 1 is 1.19 bits per heavy atom. The lowest BCUT2D eigenvalue weighted by molar-refractivity contribution is -0.0327. The van der Waals surface area contributed by atoms with Crippen molar-refractivity contribution in [2.24, 2.45) is 0 Å². The van der Waals surface area contributed by atoms with Crippen molar-refractivity contribution >= 4 is 23.5 Å². The molecule has 0 amide bonds. The van der Waals surface area contributed by atoms with Crippen LogP contribution in [0.5, 0.6) is 0 Å². The smallest absolute Gasteiger partial charge is 0.315 e. The number of rotatable bonds is 6. The second kappa shape index (κ2) is 7.68. The Labute approximate surface area is 103 Å². The Kier molecular flexibility index (Phi) is 6.95. The van der Waals surface area contributed by atoms with Crippen LogP contribution in [0.15, 0.2) is 0 Å². The summed E-state index contributed by atoms with van der Waals surface area (Å²) in [5, 5.41) is 3.04. The van der Waals surface area contributed by atoms with Gasteiger partial charge in [-0.25, -0.2) is 0 Å². The molecule has 1 N–H and O–H groups in total. The molecule has 0 spiro atoms. The predicted molar refractivity (Wildman–Crippen MR) is 65.1 cm³/mol. The molecule has 0 radical (unpaired) electrons. The second-order valence-corrected chi connectivity index (χ2v) is 5.88. The van der Waals surface area contributed by atoms with Gasteiger partial charge in [0.2, 0.25) is 0 Å². The van der Waals surface area contributed by atoms with E-state index in [9.17, 15) is 13.2 Å². The van der Waals surface area contributed by atoms with Gasteiger partial charge >= 0.3 is 5.51 Å². The van der Waals surface area contributed by atoms with Crippen molar-refractivity contribution in [3.05, 3.63) is 0 Å². The summed E-state index contributed by atoms with van der Waals surface area (Å²) in [5.74, 6) is 2.44. The monoisotopic (exact) mass is 274 g/mol. The van der Waals surface area contributed by atoms with Gasteiger partial charge in [0.25, 0.3) is 0 Å². The fourth-order valence-electron chi connectivity index (χ4n) is 1.43. The third kappa shape index (κ3) is 7.65. The molecule has 16 heavy (non-hydrogen) atoms. The minimum atomic E-state index is -4.09. The molecule has 1 saturated heterocycles. The zero-order valence-electron chi connectivity index (χ0n) is 9.05. The first kappa shape index (κ1) is 14.5. The van der Waals surface area contributed by atoms with Crippen molar-refractivity contribution in [3.63, 3.8) is 0 Å². The molecule has 0 aromatic rings. The van der Waals surface area contributed by atoms with Gasteiger partial charge in [0.15, 0.2) is 0 Å². The van der Waals surface area contributed by atoms with E-state index in [0.717, 1.165) is 26.2 Å². The van der Waals surface area contributed by atoms with Crippen molar-refractivity contribution in [1.29, 1.82) is 0 Å². The third-order valence-electron chi connectivity index (χ3n) is 2.25. The van der Waals surface area contributed by atoms with Crippen molar-refractivity contribution in [3.8, 4) is 0 Å². The van der Waals surface area contributed by atoms with E-state index in [-0.39, 0.29) is 17.5 Å². The number of thioether (sulfide) groups is 2. The van der Waals surface area contributed by atoms with Crippen LogP contribution in [0.2, 0.25) is 0 Å². The Balaban J connectivity index is 1.87. The van der Waals surface area contributed by atoms with E-state index in [1.54, 1.807) is 0 Å². The molecule has 1 fully saturated rings. The summed E-state index contributed by atoms with van der Waals surface area (Å²) in [5.41, 5.74) is -4.09. The molecule has 0 atom stereocenters. The van der Waals surface area contributed by atoms with Crippen molar-refractivity contribution in [2.75, 3.05) is 50.0 Å². The second-order valence-electron chi connectivity index (χ2n) is 3.50. The molecule has 1 aliphatic heterocycles. The minimum absolute atomic E-state index is 0.0402. The highest BCUT2D eigenvalue weighted by Crippen LogP contribution is 2.29. The van der Waals surface area contributed by atoms with Crippen LogP contribution in [0.1, 0.15) is 0 Å². The van der Waals surface area contributed by atoms with Crippen LogP contribution in [-0.2, 0) is 0 Å². The number of nitrogens with one attached hydrogen (secondary N) is 1. The molecule has 0 aromatic carbocycles. The van der Waals surface area contributed by atoms with Crippen molar-refractivity contribution < 1.29 is 13.2 Å². The van der Waals surface area contributed by atoms with Gasteiger partial charge in [-0.15, -0.1) is 0 Å². The van der Waals surface area contributed by atoms with Crippen LogP contribution in [0.3, 0.4) is 0 Å². The number of alkyl halides is 3. The van der Waals surface area contributed by atoms with Crippen LogP contribution in [0.25, 0.3) is 0 Å². The Hall–Kier alpha value is 0.410. The number of halogens is 3. The number of hydrogen-bond acceptors (Lipinski definition) is 4. The summed E-state index contributed by atoms with van der Waals surface area (Å²) < 4.78 is 35.3. The lowest BCUT2D eigenvalue weighted by atomic mass is 10.4. The van der Waals surface area contributed by atoms with Crippen LogP contribution >= 0.6 is 23.5 Å². The minimum Gasteiger partial charge on any atom is -0.315 e. The van der Waals surface area contributed by atoms with E-state index in [1.165, 1.54) is 11.5 Å². The van der Waals surface area contributed by atoms with Crippen molar-refractivity contribution in [2.45, 2.75) is 5.51 Å². The standard InChI is InChI=1S/C9H17F3N2S2/c10-9(11,12)16-6-2-13-1-3-14-4-7-15-8-5-14/h13H,1-8H2. The molecule has 0 aromatic heterocycles. The van der Waals surface area contributed by atoms with Gasteiger partial charge in [-0.3, -0.25) is 0 Å². The van der Waals surface area contributed by atoms with Gasteiger partial charge in [0, 0.05) is 50.0 Å². The van der Waals surface area contributed by atoms with Crippen LogP contribution in [0, 0.1) is 0 Å². The van der Waals surface area contributed by atoms with E-state index in [4.69, 9.17) is 0 Å². The average molecular weight is 274 g/mol. The first-order valence-electron chi connectivity index (χ1n) is 5.29. The van der Waals surface area contributed by atoms with E-state index in [1.807, 2.05) is 11.8 Å². The van der Waals surface area contributed by atoms with Crippen LogP contribution in [-0.4, -0.2) is 60.4 Å². The zero-order valence-corrected chi connectivity index (χ0v) is 10.7. The maximum absolute atomic E-state index is 11.8. The quantitative estimate of drug-likeness (QED) is 0.744. The Morgan fingerprint density at radius 3 is 2.50 bits per heavy atom. The highest BCUT2D eigenvalue weighted by atomic mass is 32.2. The lowest BCUT2D eigenvalue weighted by Crippen LogP contribution is -2.38.